The van der Waals surface area contributed by atoms with E-state index in [-0.39, 0.29) is 11.7 Å². The second-order valence-corrected chi connectivity index (χ2v) is 3.53. The van der Waals surface area contributed by atoms with Crippen molar-refractivity contribution in [3.8, 4) is 6.07 Å². The Bertz CT molecular complexity index is 401. The van der Waals surface area contributed by atoms with Gasteiger partial charge in [0.1, 0.15) is 5.82 Å². The summed E-state index contributed by atoms with van der Waals surface area (Å²) in [7, 11) is 0. The van der Waals surface area contributed by atoms with E-state index < -0.39 is 11.6 Å². The molecule has 0 amide bonds. The molecule has 1 rings (SSSR count). The van der Waals surface area contributed by atoms with Gasteiger partial charge in [0.05, 0.1) is 18.2 Å². The van der Waals surface area contributed by atoms with E-state index in [9.17, 15) is 8.78 Å². The zero-order valence-corrected chi connectivity index (χ0v) is 9.24. The van der Waals surface area contributed by atoms with Crippen LogP contribution in [0.4, 0.5) is 14.6 Å². The number of nitriles is 1. The molecule has 0 aliphatic carbocycles. The number of hydrogen-bond acceptors (Lipinski definition) is 3. The van der Waals surface area contributed by atoms with Crippen molar-refractivity contribution >= 4 is 5.82 Å². The third-order valence-corrected chi connectivity index (χ3v) is 2.18. The van der Waals surface area contributed by atoms with E-state index in [2.05, 4.69) is 11.1 Å². The molecule has 0 saturated carbocycles. The van der Waals surface area contributed by atoms with Gasteiger partial charge in [0.2, 0.25) is 0 Å². The predicted molar refractivity (Wildman–Crippen MR) is 56.8 cm³/mol. The van der Waals surface area contributed by atoms with Crippen LogP contribution >= 0.6 is 0 Å². The summed E-state index contributed by atoms with van der Waals surface area (Å²) in [5.74, 6) is -1.55. The van der Waals surface area contributed by atoms with Crippen molar-refractivity contribution in [3.63, 3.8) is 0 Å². The Morgan fingerprint density at radius 3 is 2.75 bits per heavy atom. The van der Waals surface area contributed by atoms with E-state index >= 15 is 0 Å². The molecule has 86 valence electrons. The third-order valence-electron chi connectivity index (χ3n) is 2.18. The van der Waals surface area contributed by atoms with Gasteiger partial charge in [-0.2, -0.15) is 5.26 Å². The molecule has 16 heavy (non-hydrogen) atoms. The highest BCUT2D eigenvalue weighted by Gasteiger charge is 2.14. The number of halogens is 2. The summed E-state index contributed by atoms with van der Waals surface area (Å²) in [6.45, 7) is 4.46. The minimum Gasteiger partial charge on any atom is -0.353 e. The summed E-state index contributed by atoms with van der Waals surface area (Å²) in [6.07, 6.45) is 0.970. The molecule has 0 radical (unpaired) electrons. The van der Waals surface area contributed by atoms with Crippen molar-refractivity contribution in [1.82, 2.24) is 4.98 Å². The van der Waals surface area contributed by atoms with Crippen molar-refractivity contribution in [2.75, 3.05) is 18.0 Å². The smallest absolute Gasteiger partial charge is 0.168 e. The first kappa shape index (κ1) is 12.4. The minimum absolute atomic E-state index is 0.0889. The Hall–Kier alpha value is -1.70. The molecule has 0 N–H and O–H groups in total. The SMILES string of the molecule is CCN(CC(C)C#N)c1ncc(F)cc1F. The van der Waals surface area contributed by atoms with Crippen LogP contribution in [0.1, 0.15) is 13.8 Å². The largest absolute Gasteiger partial charge is 0.353 e. The first-order valence-corrected chi connectivity index (χ1v) is 5.04. The third kappa shape index (κ3) is 2.89. The fourth-order valence-corrected chi connectivity index (χ4v) is 1.38. The Morgan fingerprint density at radius 2 is 2.25 bits per heavy atom. The van der Waals surface area contributed by atoms with Crippen molar-refractivity contribution in [1.29, 1.82) is 5.26 Å². The fraction of sp³-hybridized carbons (Fsp3) is 0.455. The lowest BCUT2D eigenvalue weighted by molar-refractivity contribution is 0.562. The number of pyridine rings is 1. The molecule has 1 unspecified atom stereocenters. The van der Waals surface area contributed by atoms with Crippen molar-refractivity contribution < 1.29 is 8.78 Å². The standard InChI is InChI=1S/C11H13F2N3/c1-3-16(7-8(2)5-14)11-10(13)4-9(12)6-15-11/h4,6,8H,3,7H2,1-2H3. The highest BCUT2D eigenvalue weighted by molar-refractivity contribution is 5.39. The molecule has 0 aliphatic heterocycles. The van der Waals surface area contributed by atoms with Crippen LogP contribution in [-0.4, -0.2) is 18.1 Å². The monoisotopic (exact) mass is 225 g/mol. The normalized spacial score (nSPS) is 11.9. The van der Waals surface area contributed by atoms with Gasteiger partial charge in [0, 0.05) is 19.2 Å². The Kier molecular flexibility index (Phi) is 4.18. The predicted octanol–water partition coefficient (Wildman–Crippen LogP) is 2.35. The average molecular weight is 225 g/mol. The average Bonchev–Trinajstić information content (AvgIpc) is 2.26. The molecule has 0 spiro atoms. The summed E-state index contributed by atoms with van der Waals surface area (Å²) in [5, 5.41) is 8.69. The maximum atomic E-state index is 13.4. The van der Waals surface area contributed by atoms with E-state index in [0.717, 1.165) is 12.3 Å². The molecule has 0 fully saturated rings. The van der Waals surface area contributed by atoms with Crippen LogP contribution in [0.25, 0.3) is 0 Å². The van der Waals surface area contributed by atoms with E-state index in [4.69, 9.17) is 5.26 Å². The maximum Gasteiger partial charge on any atom is 0.168 e. The number of hydrogen-bond donors (Lipinski definition) is 0. The fourth-order valence-electron chi connectivity index (χ4n) is 1.38. The molecule has 1 aromatic heterocycles. The summed E-state index contributed by atoms with van der Waals surface area (Å²) in [4.78, 5) is 5.32. The highest BCUT2D eigenvalue weighted by atomic mass is 19.1. The summed E-state index contributed by atoms with van der Waals surface area (Å²) in [5.41, 5.74) is 0. The number of nitrogens with zero attached hydrogens (tertiary/aromatic N) is 3. The molecule has 3 nitrogen and oxygen atoms in total. The molecular weight excluding hydrogens is 212 g/mol. The maximum absolute atomic E-state index is 13.4. The Labute approximate surface area is 93.3 Å². The molecule has 0 aromatic carbocycles. The van der Waals surface area contributed by atoms with Crippen LogP contribution in [0.5, 0.6) is 0 Å². The zero-order chi connectivity index (χ0) is 12.1. The first-order chi connectivity index (χ1) is 7.58. The van der Waals surface area contributed by atoms with E-state index in [1.165, 1.54) is 0 Å². The van der Waals surface area contributed by atoms with Crippen LogP contribution in [0, 0.1) is 28.9 Å². The quantitative estimate of drug-likeness (QED) is 0.789. The zero-order valence-electron chi connectivity index (χ0n) is 9.24. The van der Waals surface area contributed by atoms with Crippen LogP contribution in [0.3, 0.4) is 0 Å². The first-order valence-electron chi connectivity index (χ1n) is 5.04. The van der Waals surface area contributed by atoms with Gasteiger partial charge in [0.25, 0.3) is 0 Å². The van der Waals surface area contributed by atoms with Gasteiger partial charge in [-0.25, -0.2) is 13.8 Å². The van der Waals surface area contributed by atoms with Crippen LogP contribution < -0.4 is 4.90 Å². The molecule has 1 atom stereocenters. The topological polar surface area (TPSA) is 39.9 Å². The second-order valence-electron chi connectivity index (χ2n) is 3.53. The van der Waals surface area contributed by atoms with Crippen molar-refractivity contribution in [3.05, 3.63) is 23.9 Å². The summed E-state index contributed by atoms with van der Waals surface area (Å²) < 4.78 is 26.1. The van der Waals surface area contributed by atoms with Crippen LogP contribution in [0.15, 0.2) is 12.3 Å². The molecule has 5 heteroatoms. The van der Waals surface area contributed by atoms with Gasteiger partial charge in [-0.05, 0) is 13.8 Å². The molecular formula is C11H13F2N3. The Balaban J connectivity index is 2.91. The van der Waals surface area contributed by atoms with Crippen LogP contribution in [0.2, 0.25) is 0 Å². The molecule has 0 aliphatic rings. The van der Waals surface area contributed by atoms with Gasteiger partial charge in [0.15, 0.2) is 11.6 Å². The van der Waals surface area contributed by atoms with Gasteiger partial charge in [-0.15, -0.1) is 0 Å². The van der Waals surface area contributed by atoms with E-state index in [1.54, 1.807) is 11.8 Å². The lowest BCUT2D eigenvalue weighted by Crippen LogP contribution is -2.29. The van der Waals surface area contributed by atoms with E-state index in [1.807, 2.05) is 6.92 Å². The van der Waals surface area contributed by atoms with Gasteiger partial charge in [-0.3, -0.25) is 0 Å². The summed E-state index contributed by atoms with van der Waals surface area (Å²) >= 11 is 0. The summed E-state index contributed by atoms with van der Waals surface area (Å²) in [6, 6.07) is 2.86. The van der Waals surface area contributed by atoms with Crippen LogP contribution in [-0.2, 0) is 0 Å². The Morgan fingerprint density at radius 1 is 1.56 bits per heavy atom. The molecule has 0 saturated heterocycles. The highest BCUT2D eigenvalue weighted by Crippen LogP contribution is 2.17. The second kappa shape index (κ2) is 5.40. The molecule has 1 aromatic rings. The lowest BCUT2D eigenvalue weighted by atomic mass is 10.2. The number of anilines is 1. The van der Waals surface area contributed by atoms with E-state index in [0.29, 0.717) is 13.1 Å². The van der Waals surface area contributed by atoms with Crippen molar-refractivity contribution in [2.45, 2.75) is 13.8 Å². The lowest BCUT2D eigenvalue weighted by Gasteiger charge is -2.23. The van der Waals surface area contributed by atoms with Gasteiger partial charge < -0.3 is 4.90 Å². The van der Waals surface area contributed by atoms with Crippen molar-refractivity contribution in [2.24, 2.45) is 5.92 Å². The molecule has 0 bridgehead atoms. The number of rotatable bonds is 4. The van der Waals surface area contributed by atoms with Gasteiger partial charge >= 0.3 is 0 Å². The minimum atomic E-state index is -0.703. The molecule has 1 heterocycles. The van der Waals surface area contributed by atoms with Gasteiger partial charge in [-0.1, -0.05) is 0 Å². The number of aromatic nitrogens is 1.